The first-order valence-corrected chi connectivity index (χ1v) is 5.50. The molecule has 0 heterocycles. The average Bonchev–Trinajstić information content (AvgIpc) is 2.31. The molecule has 0 saturated carbocycles. The van der Waals surface area contributed by atoms with E-state index >= 15 is 0 Å². The second-order valence-electron chi connectivity index (χ2n) is 4.36. The standard InChI is InChI=1S/C14H15NO2/c1-10-4-2-3-5-12(10)11-6-8-14(15,9-7-11)13(16)17/h2-8H,9,15H2,1H3,(H,16,17). The third kappa shape index (κ3) is 2.15. The van der Waals surface area contributed by atoms with E-state index in [1.54, 1.807) is 12.2 Å². The Morgan fingerprint density at radius 3 is 2.65 bits per heavy atom. The van der Waals surface area contributed by atoms with Crippen molar-refractivity contribution >= 4 is 11.5 Å². The number of rotatable bonds is 2. The number of aryl methyl sites for hydroxylation is 1. The lowest BCUT2D eigenvalue weighted by atomic mass is 9.86. The normalized spacial score (nSPS) is 23.3. The van der Waals surface area contributed by atoms with Gasteiger partial charge in [-0.1, -0.05) is 42.5 Å². The van der Waals surface area contributed by atoms with Crippen LogP contribution in [0.5, 0.6) is 0 Å². The minimum atomic E-state index is -1.26. The van der Waals surface area contributed by atoms with Crippen LogP contribution in [0, 0.1) is 6.92 Å². The molecule has 1 aromatic carbocycles. The second kappa shape index (κ2) is 4.18. The van der Waals surface area contributed by atoms with E-state index in [1.165, 1.54) is 5.56 Å². The Labute approximate surface area is 100 Å². The number of carbonyl (C=O) groups is 1. The summed E-state index contributed by atoms with van der Waals surface area (Å²) in [6, 6.07) is 8.01. The van der Waals surface area contributed by atoms with Crippen molar-refractivity contribution in [3.05, 3.63) is 53.6 Å². The highest BCUT2D eigenvalue weighted by atomic mass is 16.4. The van der Waals surface area contributed by atoms with Gasteiger partial charge in [-0.3, -0.25) is 0 Å². The maximum Gasteiger partial charge on any atom is 0.328 e. The topological polar surface area (TPSA) is 63.3 Å². The van der Waals surface area contributed by atoms with Crippen LogP contribution in [0.25, 0.3) is 5.57 Å². The molecule has 0 aliphatic heterocycles. The highest BCUT2D eigenvalue weighted by Gasteiger charge is 2.31. The third-order valence-corrected chi connectivity index (χ3v) is 3.07. The number of carboxylic acid groups (broad SMARTS) is 1. The zero-order chi connectivity index (χ0) is 12.5. The summed E-state index contributed by atoms with van der Waals surface area (Å²) in [5, 5.41) is 9.00. The van der Waals surface area contributed by atoms with Crippen LogP contribution in [0.15, 0.2) is 42.5 Å². The molecule has 1 aliphatic carbocycles. The first-order valence-electron chi connectivity index (χ1n) is 5.50. The van der Waals surface area contributed by atoms with Crippen molar-refractivity contribution in [1.29, 1.82) is 0 Å². The van der Waals surface area contributed by atoms with Crippen molar-refractivity contribution < 1.29 is 9.90 Å². The van der Waals surface area contributed by atoms with Gasteiger partial charge in [-0.05, 0) is 30.0 Å². The first kappa shape index (κ1) is 11.6. The van der Waals surface area contributed by atoms with E-state index in [1.807, 2.05) is 37.3 Å². The van der Waals surface area contributed by atoms with Gasteiger partial charge in [0.2, 0.25) is 0 Å². The van der Waals surface area contributed by atoms with Crippen molar-refractivity contribution in [1.82, 2.24) is 0 Å². The lowest BCUT2D eigenvalue weighted by Gasteiger charge is -2.23. The van der Waals surface area contributed by atoms with Crippen molar-refractivity contribution in [2.24, 2.45) is 5.73 Å². The van der Waals surface area contributed by atoms with Gasteiger partial charge in [0.15, 0.2) is 0 Å². The third-order valence-electron chi connectivity index (χ3n) is 3.07. The summed E-state index contributed by atoms with van der Waals surface area (Å²) in [4.78, 5) is 11.0. The van der Waals surface area contributed by atoms with Crippen LogP contribution < -0.4 is 5.73 Å². The summed E-state index contributed by atoms with van der Waals surface area (Å²) in [5.41, 5.74) is 7.82. The van der Waals surface area contributed by atoms with Crippen molar-refractivity contribution in [2.75, 3.05) is 0 Å². The predicted molar refractivity (Wildman–Crippen MR) is 67.5 cm³/mol. The molecule has 1 unspecified atom stereocenters. The highest BCUT2D eigenvalue weighted by molar-refractivity contribution is 5.86. The molecule has 1 aromatic rings. The summed E-state index contributed by atoms with van der Waals surface area (Å²) in [7, 11) is 0. The molecule has 0 spiro atoms. The van der Waals surface area contributed by atoms with E-state index in [0.717, 1.165) is 11.1 Å². The summed E-state index contributed by atoms with van der Waals surface area (Å²) in [5.74, 6) is -0.992. The van der Waals surface area contributed by atoms with E-state index in [0.29, 0.717) is 6.42 Å². The van der Waals surface area contributed by atoms with Gasteiger partial charge in [0.05, 0.1) is 0 Å². The van der Waals surface area contributed by atoms with Crippen LogP contribution in [0.1, 0.15) is 17.5 Å². The zero-order valence-electron chi connectivity index (χ0n) is 9.68. The Hall–Kier alpha value is -1.87. The molecule has 3 heteroatoms. The molecule has 0 aromatic heterocycles. The Morgan fingerprint density at radius 2 is 2.12 bits per heavy atom. The van der Waals surface area contributed by atoms with Gasteiger partial charge in [-0.15, -0.1) is 0 Å². The number of carboxylic acids is 1. The quantitative estimate of drug-likeness (QED) is 0.816. The maximum absolute atomic E-state index is 11.0. The number of hydrogen-bond donors (Lipinski definition) is 2. The number of hydrogen-bond acceptors (Lipinski definition) is 2. The maximum atomic E-state index is 11.0. The number of allylic oxidation sites excluding steroid dienone is 2. The lowest BCUT2D eigenvalue weighted by Crippen LogP contribution is -2.46. The molecule has 3 nitrogen and oxygen atoms in total. The number of aliphatic carboxylic acids is 1. The second-order valence-corrected chi connectivity index (χ2v) is 4.36. The summed E-state index contributed by atoms with van der Waals surface area (Å²) < 4.78 is 0. The van der Waals surface area contributed by atoms with Crippen LogP contribution >= 0.6 is 0 Å². The number of benzene rings is 1. The SMILES string of the molecule is Cc1ccccc1C1=CCC(N)(C(=O)O)C=C1. The van der Waals surface area contributed by atoms with Gasteiger partial charge >= 0.3 is 5.97 Å². The van der Waals surface area contributed by atoms with E-state index < -0.39 is 11.5 Å². The summed E-state index contributed by atoms with van der Waals surface area (Å²) >= 11 is 0. The van der Waals surface area contributed by atoms with Gasteiger partial charge < -0.3 is 10.8 Å². The summed E-state index contributed by atoms with van der Waals surface area (Å²) in [6.07, 6.45) is 5.57. The molecule has 0 radical (unpaired) electrons. The Kier molecular flexibility index (Phi) is 2.86. The molecule has 0 bridgehead atoms. The van der Waals surface area contributed by atoms with Crippen molar-refractivity contribution in [3.63, 3.8) is 0 Å². The van der Waals surface area contributed by atoms with Gasteiger partial charge in [-0.2, -0.15) is 0 Å². The smallest absolute Gasteiger partial charge is 0.328 e. The van der Waals surface area contributed by atoms with E-state index in [2.05, 4.69) is 0 Å². The fraction of sp³-hybridized carbons (Fsp3) is 0.214. The van der Waals surface area contributed by atoms with E-state index in [4.69, 9.17) is 10.8 Å². The minimum Gasteiger partial charge on any atom is -0.480 e. The fourth-order valence-corrected chi connectivity index (χ4v) is 1.91. The molecule has 17 heavy (non-hydrogen) atoms. The lowest BCUT2D eigenvalue weighted by molar-refractivity contribution is -0.141. The van der Waals surface area contributed by atoms with E-state index in [-0.39, 0.29) is 0 Å². The summed E-state index contributed by atoms with van der Waals surface area (Å²) in [6.45, 7) is 2.03. The molecule has 88 valence electrons. The van der Waals surface area contributed by atoms with Crippen molar-refractivity contribution in [3.8, 4) is 0 Å². The highest BCUT2D eigenvalue weighted by Crippen LogP contribution is 2.27. The molecule has 3 N–H and O–H groups in total. The van der Waals surface area contributed by atoms with Crippen LogP contribution in [0.3, 0.4) is 0 Å². The molecule has 0 amide bonds. The molecule has 1 aliphatic rings. The van der Waals surface area contributed by atoms with Crippen molar-refractivity contribution in [2.45, 2.75) is 18.9 Å². The molecule has 1 atom stereocenters. The van der Waals surface area contributed by atoms with Crippen LogP contribution in [-0.4, -0.2) is 16.6 Å². The molecule has 2 rings (SSSR count). The van der Waals surface area contributed by atoms with Crippen LogP contribution in [0.4, 0.5) is 0 Å². The average molecular weight is 229 g/mol. The Bertz CT molecular complexity index is 517. The number of nitrogens with two attached hydrogens (primary N) is 1. The molecular formula is C14H15NO2. The zero-order valence-corrected chi connectivity index (χ0v) is 9.68. The first-order chi connectivity index (χ1) is 8.03. The molecular weight excluding hydrogens is 214 g/mol. The van der Waals surface area contributed by atoms with Crippen LogP contribution in [-0.2, 0) is 4.79 Å². The fourth-order valence-electron chi connectivity index (χ4n) is 1.91. The Balaban J connectivity index is 2.30. The molecule has 0 saturated heterocycles. The minimum absolute atomic E-state index is 0.322. The monoisotopic (exact) mass is 229 g/mol. The van der Waals surface area contributed by atoms with Gasteiger partial charge in [0.1, 0.15) is 5.54 Å². The molecule has 0 fully saturated rings. The van der Waals surface area contributed by atoms with Gasteiger partial charge in [0.25, 0.3) is 0 Å². The van der Waals surface area contributed by atoms with Gasteiger partial charge in [-0.25, -0.2) is 4.79 Å². The largest absolute Gasteiger partial charge is 0.480 e. The van der Waals surface area contributed by atoms with E-state index in [9.17, 15) is 4.79 Å². The van der Waals surface area contributed by atoms with Gasteiger partial charge in [0, 0.05) is 0 Å². The predicted octanol–water partition coefficient (Wildman–Crippen LogP) is 2.12. The van der Waals surface area contributed by atoms with Crippen LogP contribution in [0.2, 0.25) is 0 Å². The Morgan fingerprint density at radius 1 is 1.41 bits per heavy atom.